The lowest BCUT2D eigenvalue weighted by Gasteiger charge is -2.07. The van der Waals surface area contributed by atoms with Crippen LogP contribution in [-0.4, -0.2) is 26.9 Å². The third-order valence-corrected chi connectivity index (χ3v) is 4.75. The number of carbonyl (C=O) groups is 1. The lowest BCUT2D eigenvalue weighted by Crippen LogP contribution is -2.34. The van der Waals surface area contributed by atoms with E-state index in [2.05, 4.69) is 15.7 Å². The van der Waals surface area contributed by atoms with Crippen molar-refractivity contribution in [1.29, 1.82) is 0 Å². The Morgan fingerprint density at radius 3 is 2.64 bits per heavy atom. The molecule has 0 unspecified atom stereocenters. The minimum absolute atomic E-state index is 0.190. The molecule has 1 aliphatic carbocycles. The number of hydrogen-bond acceptors (Lipinski definition) is 3. The average molecular weight is 398 g/mol. The molecule has 1 heterocycles. The Bertz CT molecular complexity index is 1040. The van der Waals surface area contributed by atoms with Crippen molar-refractivity contribution in [2.75, 3.05) is 11.9 Å². The highest BCUT2D eigenvalue weighted by Crippen LogP contribution is 2.39. The zero-order valence-corrected chi connectivity index (χ0v) is 15.9. The first kappa shape index (κ1) is 18.3. The Labute approximate surface area is 166 Å². The van der Waals surface area contributed by atoms with Gasteiger partial charge in [-0.2, -0.15) is 5.10 Å². The molecular weight excluding hydrogens is 378 g/mol. The molecule has 0 radical (unpaired) electrons. The van der Waals surface area contributed by atoms with Gasteiger partial charge < -0.3 is 10.6 Å². The van der Waals surface area contributed by atoms with Gasteiger partial charge in [0.05, 0.1) is 12.2 Å². The molecule has 1 aliphatic rings. The molecule has 3 aromatic rings. The fraction of sp³-hybridized carbons (Fsp3) is 0.250. The molecule has 1 saturated carbocycles. The number of aromatic nitrogens is 3. The van der Waals surface area contributed by atoms with Gasteiger partial charge >= 0.3 is 11.7 Å². The van der Waals surface area contributed by atoms with Crippen molar-refractivity contribution in [3.8, 4) is 5.69 Å². The van der Waals surface area contributed by atoms with Gasteiger partial charge in [-0.25, -0.2) is 18.8 Å². The number of carbonyl (C=O) groups excluding carboxylic acids is 1. The normalized spacial score (nSPS) is 13.3. The predicted molar refractivity (Wildman–Crippen MR) is 108 cm³/mol. The number of rotatable bonds is 6. The van der Waals surface area contributed by atoms with Gasteiger partial charge in [0, 0.05) is 23.2 Å². The predicted octanol–water partition coefficient (Wildman–Crippen LogP) is 3.39. The van der Waals surface area contributed by atoms with Gasteiger partial charge in [-0.15, -0.1) is 0 Å². The summed E-state index contributed by atoms with van der Waals surface area (Å²) >= 11 is 5.91. The van der Waals surface area contributed by atoms with Crippen LogP contribution in [0.5, 0.6) is 0 Å². The summed E-state index contributed by atoms with van der Waals surface area (Å²) in [6.07, 6.45) is 2.09. The number of para-hydroxylation sites is 1. The average Bonchev–Trinajstić information content (AvgIpc) is 3.47. The summed E-state index contributed by atoms with van der Waals surface area (Å²) in [6.45, 7) is 0.573. The van der Waals surface area contributed by atoms with Crippen LogP contribution in [0.3, 0.4) is 0 Å². The SMILES string of the molecule is O=C(NCCn1nc(C2CC2)n(-c2ccccc2)c1=O)Nc1cccc(Cl)c1. The molecular formula is C20H20ClN5O2. The van der Waals surface area contributed by atoms with E-state index >= 15 is 0 Å². The molecule has 7 nitrogen and oxygen atoms in total. The Morgan fingerprint density at radius 1 is 1.14 bits per heavy atom. The van der Waals surface area contributed by atoms with Gasteiger partial charge in [-0.1, -0.05) is 35.9 Å². The highest BCUT2D eigenvalue weighted by atomic mass is 35.5. The van der Waals surface area contributed by atoms with Crippen LogP contribution in [0.15, 0.2) is 59.4 Å². The molecule has 1 aromatic heterocycles. The van der Waals surface area contributed by atoms with Crippen molar-refractivity contribution in [2.24, 2.45) is 0 Å². The third-order valence-electron chi connectivity index (χ3n) is 4.51. The summed E-state index contributed by atoms with van der Waals surface area (Å²) in [5, 5.41) is 10.5. The quantitative estimate of drug-likeness (QED) is 0.669. The molecule has 4 rings (SSSR count). The van der Waals surface area contributed by atoms with Crippen LogP contribution in [0.2, 0.25) is 5.02 Å². The molecule has 2 aromatic carbocycles. The van der Waals surface area contributed by atoms with E-state index in [9.17, 15) is 9.59 Å². The Kier molecular flexibility index (Phi) is 5.16. The van der Waals surface area contributed by atoms with Crippen LogP contribution in [0.25, 0.3) is 5.69 Å². The second-order valence-corrected chi connectivity index (χ2v) is 7.14. The standard InChI is InChI=1S/C20H20ClN5O2/c21-15-5-4-6-16(13-15)23-19(27)22-11-12-25-20(28)26(17-7-2-1-3-8-17)18(24-25)14-9-10-14/h1-8,13-14H,9-12H2,(H2,22,23,27). The summed E-state index contributed by atoms with van der Waals surface area (Å²) < 4.78 is 3.09. The van der Waals surface area contributed by atoms with E-state index < -0.39 is 0 Å². The lowest BCUT2D eigenvalue weighted by molar-refractivity contribution is 0.251. The van der Waals surface area contributed by atoms with E-state index in [1.807, 2.05) is 30.3 Å². The van der Waals surface area contributed by atoms with Crippen LogP contribution in [0.4, 0.5) is 10.5 Å². The van der Waals surface area contributed by atoms with Crippen molar-refractivity contribution >= 4 is 23.3 Å². The van der Waals surface area contributed by atoms with Crippen LogP contribution in [-0.2, 0) is 6.54 Å². The largest absolute Gasteiger partial charge is 0.350 e. The number of nitrogens with one attached hydrogen (secondary N) is 2. The van der Waals surface area contributed by atoms with Gasteiger partial charge in [0.2, 0.25) is 0 Å². The second-order valence-electron chi connectivity index (χ2n) is 6.70. The van der Waals surface area contributed by atoms with Crippen LogP contribution >= 0.6 is 11.6 Å². The number of hydrogen-bond donors (Lipinski definition) is 2. The summed E-state index contributed by atoms with van der Waals surface area (Å²) in [5.41, 5.74) is 1.23. The highest BCUT2D eigenvalue weighted by Gasteiger charge is 2.31. The van der Waals surface area contributed by atoms with E-state index in [1.165, 1.54) is 4.68 Å². The maximum absolute atomic E-state index is 12.8. The molecule has 8 heteroatoms. The fourth-order valence-corrected chi connectivity index (χ4v) is 3.20. The van der Waals surface area contributed by atoms with Crippen LogP contribution in [0.1, 0.15) is 24.6 Å². The minimum Gasteiger partial charge on any atom is -0.336 e. The fourth-order valence-electron chi connectivity index (χ4n) is 3.01. The highest BCUT2D eigenvalue weighted by molar-refractivity contribution is 6.30. The molecule has 0 saturated heterocycles. The molecule has 144 valence electrons. The van der Waals surface area contributed by atoms with E-state index in [1.54, 1.807) is 28.8 Å². The van der Waals surface area contributed by atoms with Crippen molar-refractivity contribution in [1.82, 2.24) is 19.7 Å². The Hall–Kier alpha value is -3.06. The molecule has 0 spiro atoms. The van der Waals surface area contributed by atoms with Gasteiger partial charge in [-0.3, -0.25) is 0 Å². The van der Waals surface area contributed by atoms with E-state index in [0.29, 0.717) is 23.2 Å². The smallest absolute Gasteiger partial charge is 0.336 e. The van der Waals surface area contributed by atoms with Crippen molar-refractivity contribution < 1.29 is 4.79 Å². The molecule has 0 atom stereocenters. The summed E-state index contributed by atoms with van der Waals surface area (Å²) in [6, 6.07) is 16.1. The zero-order valence-electron chi connectivity index (χ0n) is 15.1. The van der Waals surface area contributed by atoms with Crippen molar-refractivity contribution in [2.45, 2.75) is 25.3 Å². The van der Waals surface area contributed by atoms with E-state index in [4.69, 9.17) is 11.6 Å². The Morgan fingerprint density at radius 2 is 1.93 bits per heavy atom. The van der Waals surface area contributed by atoms with Crippen molar-refractivity contribution in [3.63, 3.8) is 0 Å². The van der Waals surface area contributed by atoms with Gasteiger partial charge in [0.15, 0.2) is 0 Å². The number of urea groups is 1. The molecule has 0 bridgehead atoms. The number of anilines is 1. The Balaban J connectivity index is 1.43. The second kappa shape index (κ2) is 7.90. The zero-order chi connectivity index (χ0) is 19.5. The maximum atomic E-state index is 12.8. The molecule has 28 heavy (non-hydrogen) atoms. The number of amides is 2. The molecule has 2 amide bonds. The first-order chi connectivity index (χ1) is 13.6. The topological polar surface area (TPSA) is 81.0 Å². The summed E-state index contributed by atoms with van der Waals surface area (Å²) in [5.74, 6) is 1.12. The lowest BCUT2D eigenvalue weighted by atomic mass is 10.3. The van der Waals surface area contributed by atoms with E-state index in [0.717, 1.165) is 24.4 Å². The summed E-state index contributed by atoms with van der Waals surface area (Å²) in [7, 11) is 0. The monoisotopic (exact) mass is 397 g/mol. The molecule has 1 fully saturated rings. The molecule has 2 N–H and O–H groups in total. The van der Waals surface area contributed by atoms with E-state index in [-0.39, 0.29) is 18.3 Å². The third kappa shape index (κ3) is 4.09. The first-order valence-electron chi connectivity index (χ1n) is 9.17. The first-order valence-corrected chi connectivity index (χ1v) is 9.55. The van der Waals surface area contributed by atoms with Crippen molar-refractivity contribution in [3.05, 3.63) is 75.9 Å². The van der Waals surface area contributed by atoms with Crippen LogP contribution in [0, 0.1) is 0 Å². The number of nitrogens with zero attached hydrogens (tertiary/aromatic N) is 3. The van der Waals surface area contributed by atoms with Gasteiger partial charge in [0.1, 0.15) is 5.82 Å². The summed E-state index contributed by atoms with van der Waals surface area (Å²) in [4.78, 5) is 24.9. The number of benzene rings is 2. The minimum atomic E-state index is -0.361. The molecule has 0 aliphatic heterocycles. The maximum Gasteiger partial charge on any atom is 0.350 e. The number of halogens is 1. The van der Waals surface area contributed by atoms with Gasteiger partial charge in [-0.05, 0) is 43.2 Å². The van der Waals surface area contributed by atoms with Gasteiger partial charge in [0.25, 0.3) is 0 Å². The van der Waals surface area contributed by atoms with Crippen LogP contribution < -0.4 is 16.3 Å².